The number of anilines is 1. The van der Waals surface area contributed by atoms with Crippen molar-refractivity contribution in [1.29, 1.82) is 0 Å². The third-order valence-electron chi connectivity index (χ3n) is 2.67. The molecule has 0 unspecified atom stereocenters. The van der Waals surface area contributed by atoms with Gasteiger partial charge in [-0.1, -0.05) is 23.9 Å². The summed E-state index contributed by atoms with van der Waals surface area (Å²) in [6.07, 6.45) is 0. The molecule has 2 N–H and O–H groups in total. The van der Waals surface area contributed by atoms with Gasteiger partial charge in [0.15, 0.2) is 5.58 Å². The van der Waals surface area contributed by atoms with E-state index in [0.29, 0.717) is 10.9 Å². The van der Waals surface area contributed by atoms with Crippen molar-refractivity contribution in [3.63, 3.8) is 0 Å². The van der Waals surface area contributed by atoms with Gasteiger partial charge in [-0.05, 0) is 58.5 Å². The number of oxazole rings is 1. The summed E-state index contributed by atoms with van der Waals surface area (Å²) in [6, 6.07) is 13.9. The molecule has 0 saturated carbocycles. The van der Waals surface area contributed by atoms with E-state index in [1.54, 1.807) is 11.8 Å². The zero-order valence-corrected chi connectivity index (χ0v) is 12.9. The number of thioether (sulfide) groups is 1. The van der Waals surface area contributed by atoms with Crippen LogP contribution >= 0.6 is 34.4 Å². The van der Waals surface area contributed by atoms with Gasteiger partial charge in [0, 0.05) is 15.0 Å². The van der Waals surface area contributed by atoms with E-state index in [9.17, 15) is 0 Å². The van der Waals surface area contributed by atoms with Crippen molar-refractivity contribution in [1.82, 2.24) is 4.98 Å². The molecular formula is C14H11IN2OS. The van der Waals surface area contributed by atoms with Crippen molar-refractivity contribution in [2.24, 2.45) is 0 Å². The Morgan fingerprint density at radius 3 is 2.74 bits per heavy atom. The normalized spacial score (nSPS) is 11.0. The number of hydrogen-bond donors (Lipinski definition) is 1. The van der Waals surface area contributed by atoms with Crippen LogP contribution in [-0.2, 0) is 5.75 Å². The third kappa shape index (κ3) is 3.03. The summed E-state index contributed by atoms with van der Waals surface area (Å²) in [7, 11) is 0. The molecular weight excluding hydrogens is 371 g/mol. The number of benzene rings is 2. The Balaban J connectivity index is 1.76. The van der Waals surface area contributed by atoms with Gasteiger partial charge in [0.1, 0.15) is 5.52 Å². The molecule has 5 heteroatoms. The van der Waals surface area contributed by atoms with Crippen molar-refractivity contribution < 1.29 is 4.42 Å². The highest BCUT2D eigenvalue weighted by Gasteiger charge is 2.06. The van der Waals surface area contributed by atoms with Crippen molar-refractivity contribution >= 4 is 51.1 Å². The molecule has 3 nitrogen and oxygen atoms in total. The lowest BCUT2D eigenvalue weighted by molar-refractivity contribution is 0.489. The molecule has 1 aromatic heterocycles. The summed E-state index contributed by atoms with van der Waals surface area (Å²) in [5.41, 5.74) is 9.27. The second-order valence-corrected chi connectivity index (χ2v) is 6.29. The number of halogens is 1. The highest BCUT2D eigenvalue weighted by molar-refractivity contribution is 14.1. The molecule has 3 aromatic rings. The second-order valence-electron chi connectivity index (χ2n) is 4.12. The lowest BCUT2D eigenvalue weighted by Gasteiger charge is -1.98. The van der Waals surface area contributed by atoms with Crippen molar-refractivity contribution in [3.8, 4) is 0 Å². The van der Waals surface area contributed by atoms with Crippen molar-refractivity contribution in [2.75, 3.05) is 5.73 Å². The monoisotopic (exact) mass is 382 g/mol. The molecule has 0 bridgehead atoms. The average Bonchev–Trinajstić information content (AvgIpc) is 2.80. The Hall–Kier alpha value is -1.21. The van der Waals surface area contributed by atoms with Crippen LogP contribution in [0.1, 0.15) is 5.56 Å². The summed E-state index contributed by atoms with van der Waals surface area (Å²) in [5.74, 6) is 0.846. The summed E-state index contributed by atoms with van der Waals surface area (Å²) < 4.78 is 6.90. The van der Waals surface area contributed by atoms with E-state index >= 15 is 0 Å². The van der Waals surface area contributed by atoms with Crippen molar-refractivity contribution in [3.05, 3.63) is 51.6 Å². The molecule has 0 saturated heterocycles. The summed E-state index contributed by atoms with van der Waals surface area (Å²) in [4.78, 5) is 4.42. The quantitative estimate of drug-likeness (QED) is 0.417. The van der Waals surface area contributed by atoms with E-state index in [1.165, 1.54) is 9.13 Å². The predicted molar refractivity (Wildman–Crippen MR) is 87.1 cm³/mol. The molecule has 0 fully saturated rings. The Kier molecular flexibility index (Phi) is 3.65. The van der Waals surface area contributed by atoms with Gasteiger partial charge in [-0.25, -0.2) is 4.98 Å². The Morgan fingerprint density at radius 1 is 1.16 bits per heavy atom. The van der Waals surface area contributed by atoms with Crippen LogP contribution in [0.15, 0.2) is 52.1 Å². The molecule has 96 valence electrons. The van der Waals surface area contributed by atoms with Crippen LogP contribution in [-0.4, -0.2) is 4.98 Å². The van der Waals surface area contributed by atoms with Gasteiger partial charge in [-0.15, -0.1) is 0 Å². The zero-order chi connectivity index (χ0) is 13.2. The molecule has 0 amide bonds. The van der Waals surface area contributed by atoms with Crippen LogP contribution in [0, 0.1) is 3.57 Å². The fourth-order valence-corrected chi connectivity index (χ4v) is 2.86. The number of fused-ring (bicyclic) bond motifs is 1. The maximum Gasteiger partial charge on any atom is 0.257 e. The largest absolute Gasteiger partial charge is 0.431 e. The van der Waals surface area contributed by atoms with Crippen LogP contribution in [0.3, 0.4) is 0 Å². The minimum Gasteiger partial charge on any atom is -0.431 e. The first-order valence-corrected chi connectivity index (χ1v) is 7.80. The molecule has 1 heterocycles. The number of hydrogen-bond acceptors (Lipinski definition) is 4. The first-order valence-electron chi connectivity index (χ1n) is 5.74. The minimum absolute atomic E-state index is 0.680. The van der Waals surface area contributed by atoms with E-state index < -0.39 is 0 Å². The van der Waals surface area contributed by atoms with Crippen LogP contribution in [0.5, 0.6) is 0 Å². The van der Waals surface area contributed by atoms with Gasteiger partial charge >= 0.3 is 0 Å². The van der Waals surface area contributed by atoms with Crippen LogP contribution in [0.4, 0.5) is 5.69 Å². The number of aromatic nitrogens is 1. The molecule has 0 aliphatic heterocycles. The molecule has 0 radical (unpaired) electrons. The highest BCUT2D eigenvalue weighted by Crippen LogP contribution is 2.27. The SMILES string of the molecule is Nc1ccc2oc(SCc3ccc(I)cc3)nc2c1. The van der Waals surface area contributed by atoms with E-state index in [2.05, 4.69) is 51.8 Å². The third-order valence-corrected chi connectivity index (χ3v) is 4.29. The van der Waals surface area contributed by atoms with Gasteiger partial charge in [-0.2, -0.15) is 0 Å². The summed E-state index contributed by atoms with van der Waals surface area (Å²) in [5, 5.41) is 0.680. The Bertz CT molecular complexity index is 709. The highest BCUT2D eigenvalue weighted by atomic mass is 127. The smallest absolute Gasteiger partial charge is 0.257 e. The maximum absolute atomic E-state index is 5.72. The van der Waals surface area contributed by atoms with Crippen LogP contribution in [0.2, 0.25) is 0 Å². The van der Waals surface area contributed by atoms with Crippen molar-refractivity contribution in [2.45, 2.75) is 11.0 Å². The minimum atomic E-state index is 0.680. The number of nitrogens with two attached hydrogens (primary N) is 1. The molecule has 19 heavy (non-hydrogen) atoms. The topological polar surface area (TPSA) is 52.0 Å². The van der Waals surface area contributed by atoms with E-state index in [0.717, 1.165) is 16.9 Å². The molecule has 2 aromatic carbocycles. The predicted octanol–water partition coefficient (Wildman–Crippen LogP) is 4.31. The maximum atomic E-state index is 5.72. The van der Waals surface area contributed by atoms with E-state index in [-0.39, 0.29) is 0 Å². The van der Waals surface area contributed by atoms with Gasteiger partial charge in [0.2, 0.25) is 0 Å². The Morgan fingerprint density at radius 2 is 1.95 bits per heavy atom. The fourth-order valence-electron chi connectivity index (χ4n) is 1.71. The lowest BCUT2D eigenvalue weighted by atomic mass is 10.2. The van der Waals surface area contributed by atoms with Gasteiger partial charge in [0.05, 0.1) is 0 Å². The molecule has 0 spiro atoms. The first-order chi connectivity index (χ1) is 9.20. The number of nitrogens with zero attached hydrogens (tertiary/aromatic N) is 1. The van der Waals surface area contributed by atoms with Gasteiger partial charge in [0.25, 0.3) is 5.22 Å². The first kappa shape index (κ1) is 12.8. The molecule has 0 aliphatic rings. The Labute approximate surface area is 128 Å². The number of rotatable bonds is 3. The van der Waals surface area contributed by atoms with Crippen LogP contribution < -0.4 is 5.73 Å². The van der Waals surface area contributed by atoms with Gasteiger partial charge < -0.3 is 10.2 Å². The zero-order valence-electron chi connectivity index (χ0n) is 9.97. The molecule has 0 aliphatic carbocycles. The molecule has 0 atom stereocenters. The summed E-state index contributed by atoms with van der Waals surface area (Å²) >= 11 is 3.89. The fraction of sp³-hybridized carbons (Fsp3) is 0.0714. The summed E-state index contributed by atoms with van der Waals surface area (Å²) in [6.45, 7) is 0. The second kappa shape index (κ2) is 5.42. The average molecular weight is 382 g/mol. The lowest BCUT2D eigenvalue weighted by Crippen LogP contribution is -1.82. The standard InChI is InChI=1S/C14H11IN2OS/c15-10-3-1-9(2-4-10)8-19-14-17-12-7-11(16)5-6-13(12)18-14/h1-7H,8,16H2. The molecule has 3 rings (SSSR count). The van der Waals surface area contributed by atoms with Crippen LogP contribution in [0.25, 0.3) is 11.1 Å². The van der Waals surface area contributed by atoms with E-state index in [4.69, 9.17) is 10.2 Å². The number of nitrogen functional groups attached to an aromatic ring is 1. The van der Waals surface area contributed by atoms with E-state index in [1.807, 2.05) is 18.2 Å². The van der Waals surface area contributed by atoms with Gasteiger partial charge in [-0.3, -0.25) is 0 Å².